The normalized spacial score (nSPS) is 13.6. The molecule has 0 radical (unpaired) electrons. The topological polar surface area (TPSA) is 148 Å². The van der Waals surface area contributed by atoms with E-state index >= 15 is 0 Å². The third-order valence-electron chi connectivity index (χ3n) is 1.74. The lowest BCUT2D eigenvalue weighted by atomic mass is 10.4. The second-order valence-corrected chi connectivity index (χ2v) is 4.47. The molecule has 96 valence electrons. The zero-order chi connectivity index (χ0) is 13.1. The molecule has 1 aromatic heterocycles. The van der Waals surface area contributed by atoms with Crippen LogP contribution in [0.3, 0.4) is 0 Å². The fourth-order valence-electron chi connectivity index (χ4n) is 1.04. The van der Waals surface area contributed by atoms with Crippen molar-refractivity contribution in [1.82, 2.24) is 9.55 Å². The number of phosphoric acid groups is 1. The number of nitrogen functional groups attached to an aromatic ring is 1. The van der Waals surface area contributed by atoms with Crippen LogP contribution in [0.4, 0.5) is 5.82 Å². The van der Waals surface area contributed by atoms with Crippen molar-refractivity contribution >= 4 is 13.6 Å². The largest absolute Gasteiger partial charge is 0.469 e. The number of rotatable bonds is 5. The summed E-state index contributed by atoms with van der Waals surface area (Å²) in [4.78, 5) is 31.5. The molecule has 9 nitrogen and oxygen atoms in total. The molecule has 0 unspecified atom stereocenters. The summed E-state index contributed by atoms with van der Waals surface area (Å²) in [6, 6.07) is 1.36. The Bertz CT molecular complexity index is 483. The molecule has 0 aliphatic rings. The van der Waals surface area contributed by atoms with Gasteiger partial charge in [0.1, 0.15) is 5.82 Å². The van der Waals surface area contributed by atoms with Crippen LogP contribution < -0.4 is 11.4 Å². The van der Waals surface area contributed by atoms with Crippen molar-refractivity contribution in [1.29, 1.82) is 0 Å². The molecule has 0 saturated carbocycles. The second-order valence-electron chi connectivity index (χ2n) is 3.23. The third kappa shape index (κ3) is 5.07. The van der Waals surface area contributed by atoms with Gasteiger partial charge in [0, 0.05) is 6.20 Å². The number of anilines is 1. The molecule has 0 bridgehead atoms. The van der Waals surface area contributed by atoms with Gasteiger partial charge in [-0.25, -0.2) is 9.36 Å². The first-order valence-corrected chi connectivity index (χ1v) is 6.02. The molecular formula is C7H12N3O6P. The number of aliphatic hydroxyl groups excluding tert-OH is 1. The zero-order valence-corrected chi connectivity index (χ0v) is 9.53. The fraction of sp³-hybridized carbons (Fsp3) is 0.429. The van der Waals surface area contributed by atoms with Gasteiger partial charge in [-0.1, -0.05) is 0 Å². The Morgan fingerprint density at radius 2 is 2.24 bits per heavy atom. The lowest BCUT2D eigenvalue weighted by molar-refractivity contribution is 0.0724. The van der Waals surface area contributed by atoms with Crippen LogP contribution in [-0.4, -0.2) is 37.2 Å². The van der Waals surface area contributed by atoms with Gasteiger partial charge in [-0.2, -0.15) is 4.98 Å². The molecule has 17 heavy (non-hydrogen) atoms. The van der Waals surface area contributed by atoms with Crippen LogP contribution in [0, 0.1) is 0 Å². The molecule has 0 saturated heterocycles. The Balaban J connectivity index is 2.59. The van der Waals surface area contributed by atoms with E-state index in [1.807, 2.05) is 0 Å². The van der Waals surface area contributed by atoms with Crippen molar-refractivity contribution in [2.75, 3.05) is 12.3 Å². The quantitative estimate of drug-likeness (QED) is 0.460. The van der Waals surface area contributed by atoms with Gasteiger partial charge in [0.25, 0.3) is 0 Å². The van der Waals surface area contributed by atoms with E-state index in [-0.39, 0.29) is 12.4 Å². The van der Waals surface area contributed by atoms with E-state index in [0.29, 0.717) is 0 Å². The number of aliphatic hydroxyl groups is 1. The molecule has 0 aromatic carbocycles. The van der Waals surface area contributed by atoms with E-state index in [9.17, 15) is 14.5 Å². The Kier molecular flexibility index (Phi) is 4.38. The second kappa shape index (κ2) is 5.39. The lowest BCUT2D eigenvalue weighted by Crippen LogP contribution is -2.30. The minimum absolute atomic E-state index is 0.0483. The summed E-state index contributed by atoms with van der Waals surface area (Å²) >= 11 is 0. The molecule has 0 amide bonds. The highest BCUT2D eigenvalue weighted by atomic mass is 31.2. The molecule has 1 atom stereocenters. The SMILES string of the molecule is Nc1ccn(C[C@H](O)COP(=O)(O)O)c(=O)n1. The maximum Gasteiger partial charge on any atom is 0.469 e. The first-order chi connectivity index (χ1) is 7.78. The lowest BCUT2D eigenvalue weighted by Gasteiger charge is -2.12. The Hall–Kier alpha value is -1.25. The van der Waals surface area contributed by atoms with Crippen LogP contribution in [-0.2, 0) is 15.6 Å². The summed E-state index contributed by atoms with van der Waals surface area (Å²) in [5, 5.41) is 9.37. The number of aromatic nitrogens is 2. The van der Waals surface area contributed by atoms with Gasteiger partial charge in [-0.15, -0.1) is 0 Å². The molecule has 0 fully saturated rings. The van der Waals surface area contributed by atoms with Gasteiger partial charge in [0.05, 0.1) is 19.3 Å². The van der Waals surface area contributed by atoms with Crippen molar-refractivity contribution in [3.8, 4) is 0 Å². The summed E-state index contributed by atoms with van der Waals surface area (Å²) < 4.78 is 15.5. The molecule has 10 heteroatoms. The summed E-state index contributed by atoms with van der Waals surface area (Å²) in [7, 11) is -4.63. The van der Waals surface area contributed by atoms with Gasteiger partial charge in [0.2, 0.25) is 0 Å². The van der Waals surface area contributed by atoms with E-state index in [1.54, 1.807) is 0 Å². The number of nitrogens with two attached hydrogens (primary N) is 1. The van der Waals surface area contributed by atoms with Gasteiger partial charge in [-0.3, -0.25) is 9.09 Å². The maximum absolute atomic E-state index is 11.2. The molecule has 0 aliphatic carbocycles. The molecule has 5 N–H and O–H groups in total. The van der Waals surface area contributed by atoms with Crippen molar-refractivity contribution in [3.05, 3.63) is 22.7 Å². The maximum atomic E-state index is 11.2. The van der Waals surface area contributed by atoms with Crippen LogP contribution in [0.2, 0.25) is 0 Å². The van der Waals surface area contributed by atoms with Gasteiger partial charge < -0.3 is 20.6 Å². The monoisotopic (exact) mass is 265 g/mol. The zero-order valence-electron chi connectivity index (χ0n) is 8.63. The molecule has 0 spiro atoms. The number of hydrogen-bond acceptors (Lipinski definition) is 6. The molecular weight excluding hydrogens is 253 g/mol. The predicted molar refractivity (Wildman–Crippen MR) is 56.9 cm³/mol. The van der Waals surface area contributed by atoms with Gasteiger partial charge in [-0.05, 0) is 6.07 Å². The highest BCUT2D eigenvalue weighted by Crippen LogP contribution is 2.35. The Morgan fingerprint density at radius 1 is 1.59 bits per heavy atom. The van der Waals surface area contributed by atoms with Gasteiger partial charge in [0.15, 0.2) is 0 Å². The summed E-state index contributed by atoms with van der Waals surface area (Å²) in [5.74, 6) is 0.0483. The molecule has 1 rings (SSSR count). The van der Waals surface area contributed by atoms with E-state index in [2.05, 4.69) is 9.51 Å². The molecule has 0 aliphatic heterocycles. The first-order valence-electron chi connectivity index (χ1n) is 4.49. The van der Waals surface area contributed by atoms with Gasteiger partial charge >= 0.3 is 13.5 Å². The van der Waals surface area contributed by atoms with Crippen molar-refractivity contribution in [3.63, 3.8) is 0 Å². The van der Waals surface area contributed by atoms with Crippen molar-refractivity contribution < 1.29 is 24.0 Å². The van der Waals surface area contributed by atoms with Crippen molar-refractivity contribution in [2.45, 2.75) is 12.6 Å². The number of phosphoric ester groups is 1. The van der Waals surface area contributed by atoms with E-state index in [1.165, 1.54) is 12.3 Å². The number of hydrogen-bond donors (Lipinski definition) is 4. The van der Waals surface area contributed by atoms with Crippen molar-refractivity contribution in [2.24, 2.45) is 0 Å². The van der Waals surface area contributed by atoms with Crippen LogP contribution in [0.15, 0.2) is 17.1 Å². The summed E-state index contributed by atoms with van der Waals surface area (Å²) in [6.45, 7) is -0.798. The average Bonchev–Trinajstić information content (AvgIpc) is 2.18. The van der Waals surface area contributed by atoms with Crippen LogP contribution in [0.5, 0.6) is 0 Å². The van der Waals surface area contributed by atoms with E-state index in [0.717, 1.165) is 4.57 Å². The van der Waals surface area contributed by atoms with Crippen LogP contribution in [0.25, 0.3) is 0 Å². The highest BCUT2D eigenvalue weighted by molar-refractivity contribution is 7.46. The fourth-order valence-corrected chi connectivity index (χ4v) is 1.41. The molecule has 1 heterocycles. The molecule has 1 aromatic rings. The van der Waals surface area contributed by atoms with Crippen LogP contribution in [0.1, 0.15) is 0 Å². The van der Waals surface area contributed by atoms with Crippen LogP contribution >= 0.6 is 7.82 Å². The third-order valence-corrected chi connectivity index (χ3v) is 2.22. The smallest absolute Gasteiger partial charge is 0.389 e. The predicted octanol–water partition coefficient (Wildman–Crippen LogP) is -1.70. The minimum Gasteiger partial charge on any atom is -0.389 e. The first kappa shape index (κ1) is 13.8. The Morgan fingerprint density at radius 3 is 2.76 bits per heavy atom. The van der Waals surface area contributed by atoms with E-state index < -0.39 is 26.2 Å². The Labute approximate surface area is 95.7 Å². The summed E-state index contributed by atoms with van der Waals surface area (Å²) in [5.41, 5.74) is 4.59. The van der Waals surface area contributed by atoms with E-state index in [4.69, 9.17) is 15.5 Å². The minimum atomic E-state index is -4.63. The highest BCUT2D eigenvalue weighted by Gasteiger charge is 2.17. The number of nitrogens with zero attached hydrogens (tertiary/aromatic N) is 2. The standard InChI is InChI=1S/C7H12N3O6P/c8-6-1-2-10(7(12)9-6)3-5(11)4-16-17(13,14)15/h1-2,5,11H,3-4H2,(H2,8,9,12)(H2,13,14,15)/t5-/m0/s1. The summed E-state index contributed by atoms with van der Waals surface area (Å²) in [6.07, 6.45) is 0.0662. The average molecular weight is 265 g/mol.